The molecule has 0 spiro atoms. The number of alkyl halides is 2. The number of carbonyl (C=O) groups excluding carboxylic acids is 2. The Morgan fingerprint density at radius 3 is 2.45 bits per heavy atom. The normalized spacial score (nSPS) is 26.4. The van der Waals surface area contributed by atoms with E-state index in [2.05, 4.69) is 15.6 Å². The molecule has 0 atom stereocenters. The number of carbonyl (C=O) groups is 2. The number of rotatable bonds is 7. The molecule has 2 N–H and O–H groups in total. The SMILES string of the molecule is O=C(COc1ccc(Cl)c(F)c1)NC12CC(NC(=O)c3cc(N4CC(F)(F)C4)ccn3)(C1)C2. The number of nitrogens with one attached hydrogen (secondary N) is 2. The molecule has 1 aromatic carbocycles. The van der Waals surface area contributed by atoms with Crippen molar-refractivity contribution >= 4 is 29.1 Å². The van der Waals surface area contributed by atoms with E-state index in [0.717, 1.165) is 6.07 Å². The molecule has 11 heteroatoms. The number of hydrogen-bond acceptors (Lipinski definition) is 5. The molecule has 2 heterocycles. The van der Waals surface area contributed by atoms with Crippen LogP contribution in [0.25, 0.3) is 0 Å². The molecule has 3 saturated carbocycles. The Morgan fingerprint density at radius 1 is 1.09 bits per heavy atom. The van der Waals surface area contributed by atoms with Gasteiger partial charge in [-0.25, -0.2) is 13.2 Å². The number of benzene rings is 1. The van der Waals surface area contributed by atoms with Crippen LogP contribution in [0.15, 0.2) is 36.5 Å². The summed E-state index contributed by atoms with van der Waals surface area (Å²) in [6.07, 6.45) is 3.15. The summed E-state index contributed by atoms with van der Waals surface area (Å²) in [6, 6.07) is 7.03. The van der Waals surface area contributed by atoms with E-state index in [0.29, 0.717) is 24.9 Å². The van der Waals surface area contributed by atoms with Crippen LogP contribution in [0.1, 0.15) is 29.8 Å². The van der Waals surface area contributed by atoms with E-state index in [1.165, 1.54) is 29.3 Å². The van der Waals surface area contributed by atoms with E-state index in [-0.39, 0.29) is 48.0 Å². The Kier molecular flexibility index (Phi) is 4.97. The van der Waals surface area contributed by atoms with Crippen LogP contribution < -0.4 is 20.3 Å². The van der Waals surface area contributed by atoms with Gasteiger partial charge in [-0.05, 0) is 43.5 Å². The zero-order valence-electron chi connectivity index (χ0n) is 17.3. The molecular formula is C22H20ClF3N4O3. The van der Waals surface area contributed by atoms with Crippen molar-refractivity contribution in [3.63, 3.8) is 0 Å². The number of nitrogens with zero attached hydrogens (tertiary/aromatic N) is 2. The first-order valence-corrected chi connectivity index (χ1v) is 10.7. The van der Waals surface area contributed by atoms with Gasteiger partial charge in [-0.3, -0.25) is 14.6 Å². The molecule has 6 rings (SSSR count). The molecule has 1 aromatic heterocycles. The van der Waals surface area contributed by atoms with Crippen LogP contribution in [0.4, 0.5) is 18.9 Å². The second kappa shape index (κ2) is 7.51. The number of halogens is 4. The predicted molar refractivity (Wildman–Crippen MR) is 113 cm³/mol. The maximum atomic E-state index is 13.4. The number of amides is 2. The smallest absolute Gasteiger partial charge is 0.282 e. The third-order valence-corrected chi connectivity index (χ3v) is 6.57. The lowest BCUT2D eigenvalue weighted by Crippen LogP contribution is -2.84. The largest absolute Gasteiger partial charge is 0.484 e. The van der Waals surface area contributed by atoms with Crippen molar-refractivity contribution in [1.82, 2.24) is 15.6 Å². The van der Waals surface area contributed by atoms with Crippen LogP contribution in [-0.4, -0.2) is 53.5 Å². The highest BCUT2D eigenvalue weighted by Gasteiger charge is 2.69. The summed E-state index contributed by atoms with van der Waals surface area (Å²) in [5.74, 6) is -3.85. The van der Waals surface area contributed by atoms with Crippen LogP contribution >= 0.6 is 11.6 Å². The molecule has 2 aromatic rings. The quantitative estimate of drug-likeness (QED) is 0.636. The highest BCUT2D eigenvalue weighted by atomic mass is 35.5. The molecular weight excluding hydrogens is 461 g/mol. The molecule has 33 heavy (non-hydrogen) atoms. The average molecular weight is 481 g/mol. The third-order valence-electron chi connectivity index (χ3n) is 6.26. The fraction of sp³-hybridized carbons (Fsp3) is 0.409. The maximum Gasteiger partial charge on any atom is 0.282 e. The first-order chi connectivity index (χ1) is 15.6. The summed E-state index contributed by atoms with van der Waals surface area (Å²) in [5, 5.41) is 5.84. The molecule has 4 fully saturated rings. The molecule has 0 radical (unpaired) electrons. The minimum Gasteiger partial charge on any atom is -0.484 e. The van der Waals surface area contributed by atoms with Gasteiger partial charge in [0.15, 0.2) is 6.61 Å². The number of pyridine rings is 1. The lowest BCUT2D eigenvalue weighted by molar-refractivity contribution is -0.141. The van der Waals surface area contributed by atoms with E-state index < -0.39 is 22.8 Å². The number of hydrogen-bond donors (Lipinski definition) is 2. The van der Waals surface area contributed by atoms with Gasteiger partial charge < -0.3 is 20.3 Å². The van der Waals surface area contributed by atoms with Crippen molar-refractivity contribution in [1.29, 1.82) is 0 Å². The first kappa shape index (κ1) is 21.8. The van der Waals surface area contributed by atoms with Crippen molar-refractivity contribution in [2.75, 3.05) is 24.6 Å². The second-order valence-electron chi connectivity index (χ2n) is 9.07. The van der Waals surface area contributed by atoms with Gasteiger partial charge in [0, 0.05) is 29.0 Å². The summed E-state index contributed by atoms with van der Waals surface area (Å²) < 4.78 is 45.0. The van der Waals surface area contributed by atoms with Gasteiger partial charge in [0.1, 0.15) is 17.3 Å². The molecule has 7 nitrogen and oxygen atoms in total. The standard InChI is InChI=1S/C22H20ClF3N4O3/c23-15-2-1-14(6-16(15)24)33-7-18(31)28-20-8-21(9-20,10-20)29-19(32)17-5-13(3-4-27-17)30-11-22(25,26)12-30/h1-6H,7-12H2,(H,28,31)(H,29,32). The van der Waals surface area contributed by atoms with Crippen LogP contribution in [-0.2, 0) is 4.79 Å². The minimum atomic E-state index is -2.70. The molecule has 4 aliphatic rings. The van der Waals surface area contributed by atoms with Crippen molar-refractivity contribution in [2.24, 2.45) is 0 Å². The van der Waals surface area contributed by atoms with E-state index >= 15 is 0 Å². The first-order valence-electron chi connectivity index (χ1n) is 10.4. The van der Waals surface area contributed by atoms with Crippen LogP contribution in [0, 0.1) is 5.82 Å². The van der Waals surface area contributed by atoms with Crippen molar-refractivity contribution in [3.8, 4) is 5.75 Å². The fourth-order valence-electron chi connectivity index (χ4n) is 4.84. The van der Waals surface area contributed by atoms with Crippen LogP contribution in [0.2, 0.25) is 5.02 Å². The Bertz CT molecular complexity index is 1120. The highest BCUT2D eigenvalue weighted by molar-refractivity contribution is 6.30. The lowest BCUT2D eigenvalue weighted by Gasteiger charge is -2.70. The minimum absolute atomic E-state index is 0.0305. The topological polar surface area (TPSA) is 83.6 Å². The molecule has 2 bridgehead atoms. The summed E-state index contributed by atoms with van der Waals surface area (Å²) >= 11 is 5.62. The Labute approximate surface area is 192 Å². The number of ether oxygens (including phenoxy) is 1. The molecule has 0 unspecified atom stereocenters. The summed E-state index contributed by atoms with van der Waals surface area (Å²) in [6.45, 7) is -1.02. The average Bonchev–Trinajstić information content (AvgIpc) is 2.70. The molecule has 1 aliphatic heterocycles. The van der Waals surface area contributed by atoms with Gasteiger partial charge in [0.05, 0.1) is 18.1 Å². The van der Waals surface area contributed by atoms with E-state index in [4.69, 9.17) is 16.3 Å². The summed E-state index contributed by atoms with van der Waals surface area (Å²) in [5.41, 5.74) is -0.110. The Morgan fingerprint density at radius 2 is 1.79 bits per heavy atom. The Hall–Kier alpha value is -3.01. The molecule has 3 aliphatic carbocycles. The van der Waals surface area contributed by atoms with E-state index in [9.17, 15) is 22.8 Å². The highest BCUT2D eigenvalue weighted by Crippen LogP contribution is 2.60. The van der Waals surface area contributed by atoms with E-state index in [1.54, 1.807) is 6.07 Å². The maximum absolute atomic E-state index is 13.4. The number of aromatic nitrogens is 1. The third kappa shape index (κ3) is 4.19. The second-order valence-corrected chi connectivity index (χ2v) is 9.48. The van der Waals surface area contributed by atoms with Crippen LogP contribution in [0.5, 0.6) is 5.75 Å². The zero-order valence-corrected chi connectivity index (χ0v) is 18.1. The van der Waals surface area contributed by atoms with Crippen LogP contribution in [0.3, 0.4) is 0 Å². The monoisotopic (exact) mass is 480 g/mol. The van der Waals surface area contributed by atoms with Gasteiger partial charge in [-0.15, -0.1) is 0 Å². The Balaban J connectivity index is 1.09. The van der Waals surface area contributed by atoms with E-state index in [1.807, 2.05) is 0 Å². The lowest BCUT2D eigenvalue weighted by atomic mass is 9.44. The molecule has 2 amide bonds. The zero-order chi connectivity index (χ0) is 23.4. The molecule has 1 saturated heterocycles. The van der Waals surface area contributed by atoms with Gasteiger partial charge in [-0.1, -0.05) is 11.6 Å². The molecule has 174 valence electrons. The van der Waals surface area contributed by atoms with Gasteiger partial charge >= 0.3 is 0 Å². The van der Waals surface area contributed by atoms with Gasteiger partial charge in [0.25, 0.3) is 17.7 Å². The summed E-state index contributed by atoms with van der Waals surface area (Å²) in [7, 11) is 0. The van der Waals surface area contributed by atoms with Gasteiger partial charge in [0.2, 0.25) is 0 Å². The number of anilines is 1. The fourth-order valence-corrected chi connectivity index (χ4v) is 4.96. The van der Waals surface area contributed by atoms with Crippen molar-refractivity contribution in [3.05, 3.63) is 53.1 Å². The van der Waals surface area contributed by atoms with Crippen molar-refractivity contribution in [2.45, 2.75) is 36.3 Å². The predicted octanol–water partition coefficient (Wildman–Crippen LogP) is 2.93. The van der Waals surface area contributed by atoms with Gasteiger partial charge in [-0.2, -0.15) is 0 Å². The van der Waals surface area contributed by atoms with Crippen molar-refractivity contribution < 1.29 is 27.5 Å². The summed E-state index contributed by atoms with van der Waals surface area (Å²) in [4.78, 5) is 30.4.